The van der Waals surface area contributed by atoms with E-state index in [2.05, 4.69) is 5.32 Å². The van der Waals surface area contributed by atoms with Crippen LogP contribution in [0.5, 0.6) is 5.75 Å². The summed E-state index contributed by atoms with van der Waals surface area (Å²) in [5, 5.41) is 3.47. The van der Waals surface area contributed by atoms with Crippen LogP contribution in [0.1, 0.15) is 12.7 Å². The number of nitrogens with one attached hydrogen (secondary N) is 1. The molecule has 0 spiro atoms. The highest BCUT2D eigenvalue weighted by Crippen LogP contribution is 2.25. The Bertz CT molecular complexity index is 913. The van der Waals surface area contributed by atoms with E-state index in [1.165, 1.54) is 6.08 Å². The first-order chi connectivity index (χ1) is 12.7. The molecule has 0 saturated carbocycles. The van der Waals surface area contributed by atoms with Crippen LogP contribution in [0.2, 0.25) is 5.02 Å². The van der Waals surface area contributed by atoms with Gasteiger partial charge in [-0.2, -0.15) is 0 Å². The molecule has 0 aliphatic rings. The molecule has 1 N–H and O–H groups in total. The van der Waals surface area contributed by atoms with Gasteiger partial charge < -0.3 is 14.5 Å². The number of benzene rings is 2. The number of carbonyl (C=O) groups excluding carboxylic acids is 1. The molecule has 0 bridgehead atoms. The number of furan rings is 1. The fraction of sp³-hybridized carbons (Fsp3) is 0.0952. The summed E-state index contributed by atoms with van der Waals surface area (Å²) in [6.45, 7) is 2.43. The van der Waals surface area contributed by atoms with E-state index in [-0.39, 0.29) is 5.91 Å². The molecule has 5 heteroatoms. The van der Waals surface area contributed by atoms with Crippen molar-refractivity contribution in [1.82, 2.24) is 0 Å². The third kappa shape index (κ3) is 4.55. The van der Waals surface area contributed by atoms with Crippen molar-refractivity contribution in [2.45, 2.75) is 6.92 Å². The van der Waals surface area contributed by atoms with Crippen molar-refractivity contribution in [2.24, 2.45) is 0 Å². The largest absolute Gasteiger partial charge is 0.492 e. The van der Waals surface area contributed by atoms with Gasteiger partial charge in [0.05, 0.1) is 12.3 Å². The normalized spacial score (nSPS) is 10.8. The van der Waals surface area contributed by atoms with Gasteiger partial charge in [-0.25, -0.2) is 0 Å². The number of carbonyl (C=O) groups is 1. The number of amides is 1. The lowest BCUT2D eigenvalue weighted by Crippen LogP contribution is -2.09. The molecule has 0 radical (unpaired) electrons. The summed E-state index contributed by atoms with van der Waals surface area (Å²) in [6.07, 6.45) is 3.05. The molecule has 2 aromatic carbocycles. The van der Waals surface area contributed by atoms with E-state index in [0.29, 0.717) is 34.6 Å². The minimum atomic E-state index is -0.262. The summed E-state index contributed by atoms with van der Waals surface area (Å²) in [6, 6.07) is 18.3. The molecule has 0 atom stereocenters. The summed E-state index contributed by atoms with van der Waals surface area (Å²) >= 11 is 5.89. The van der Waals surface area contributed by atoms with Gasteiger partial charge in [-0.1, -0.05) is 23.7 Å². The van der Waals surface area contributed by atoms with Crippen molar-refractivity contribution in [2.75, 3.05) is 11.9 Å². The van der Waals surface area contributed by atoms with Crippen LogP contribution >= 0.6 is 11.6 Å². The van der Waals surface area contributed by atoms with Gasteiger partial charge in [0.2, 0.25) is 5.91 Å². The third-order valence-electron chi connectivity index (χ3n) is 3.60. The summed E-state index contributed by atoms with van der Waals surface area (Å²) in [4.78, 5) is 12.1. The third-order valence-corrected chi connectivity index (χ3v) is 3.85. The number of para-hydroxylation sites is 2. The second kappa shape index (κ2) is 8.41. The average Bonchev–Trinajstić information content (AvgIpc) is 3.11. The molecule has 0 fully saturated rings. The molecule has 0 aliphatic heterocycles. The van der Waals surface area contributed by atoms with Crippen LogP contribution in [-0.4, -0.2) is 12.5 Å². The van der Waals surface area contributed by atoms with Gasteiger partial charge in [0.25, 0.3) is 0 Å². The van der Waals surface area contributed by atoms with E-state index in [1.54, 1.807) is 24.3 Å². The fourth-order valence-electron chi connectivity index (χ4n) is 2.40. The van der Waals surface area contributed by atoms with E-state index < -0.39 is 0 Å². The van der Waals surface area contributed by atoms with Crippen molar-refractivity contribution in [3.63, 3.8) is 0 Å². The SMILES string of the molecule is CCOc1ccccc1NC(=O)C=Cc1ccc(-c2ccc(Cl)cc2)o1. The highest BCUT2D eigenvalue weighted by atomic mass is 35.5. The Morgan fingerprint density at radius 1 is 1.12 bits per heavy atom. The van der Waals surface area contributed by atoms with Gasteiger partial charge >= 0.3 is 0 Å². The minimum Gasteiger partial charge on any atom is -0.492 e. The smallest absolute Gasteiger partial charge is 0.248 e. The van der Waals surface area contributed by atoms with Gasteiger partial charge in [0.1, 0.15) is 17.3 Å². The van der Waals surface area contributed by atoms with E-state index in [4.69, 9.17) is 20.8 Å². The molecule has 0 saturated heterocycles. The van der Waals surface area contributed by atoms with Gasteiger partial charge in [-0.3, -0.25) is 4.79 Å². The number of rotatable bonds is 6. The quantitative estimate of drug-likeness (QED) is 0.572. The molecule has 1 heterocycles. The Balaban J connectivity index is 1.67. The van der Waals surface area contributed by atoms with Crippen molar-refractivity contribution in [3.05, 3.63) is 77.5 Å². The van der Waals surface area contributed by atoms with Crippen molar-refractivity contribution in [1.29, 1.82) is 0 Å². The zero-order chi connectivity index (χ0) is 18.4. The Kier molecular flexibility index (Phi) is 5.77. The van der Waals surface area contributed by atoms with Crippen LogP contribution < -0.4 is 10.1 Å². The topological polar surface area (TPSA) is 51.5 Å². The lowest BCUT2D eigenvalue weighted by molar-refractivity contribution is -0.111. The number of hydrogen-bond donors (Lipinski definition) is 1. The molecule has 1 aromatic heterocycles. The number of anilines is 1. The van der Waals surface area contributed by atoms with E-state index >= 15 is 0 Å². The number of ether oxygens (including phenoxy) is 1. The zero-order valence-electron chi connectivity index (χ0n) is 14.2. The van der Waals surface area contributed by atoms with Gasteiger partial charge in [-0.05, 0) is 61.5 Å². The summed E-state index contributed by atoms with van der Waals surface area (Å²) in [5.41, 5.74) is 1.55. The van der Waals surface area contributed by atoms with Gasteiger partial charge in [-0.15, -0.1) is 0 Å². The Hall–Kier alpha value is -2.98. The van der Waals surface area contributed by atoms with Crippen LogP contribution in [0, 0.1) is 0 Å². The summed E-state index contributed by atoms with van der Waals surface area (Å²) in [5.74, 6) is 1.67. The standard InChI is InChI=1S/C21H18ClNO3/c1-2-25-20-6-4-3-5-18(20)23-21(24)14-12-17-11-13-19(26-17)15-7-9-16(22)10-8-15/h3-14H,2H2,1H3,(H,23,24). The maximum absolute atomic E-state index is 12.1. The van der Waals surface area contributed by atoms with Crippen LogP contribution in [0.25, 0.3) is 17.4 Å². The van der Waals surface area contributed by atoms with Crippen molar-refractivity contribution < 1.29 is 13.9 Å². The van der Waals surface area contributed by atoms with Crippen LogP contribution in [0.15, 0.2) is 71.2 Å². The molecule has 0 unspecified atom stereocenters. The second-order valence-corrected chi connectivity index (χ2v) is 5.90. The maximum Gasteiger partial charge on any atom is 0.248 e. The molecule has 0 aliphatic carbocycles. The average molecular weight is 368 g/mol. The van der Waals surface area contributed by atoms with Crippen LogP contribution in [-0.2, 0) is 4.79 Å². The number of hydrogen-bond acceptors (Lipinski definition) is 3. The second-order valence-electron chi connectivity index (χ2n) is 5.46. The van der Waals surface area contributed by atoms with Gasteiger partial charge in [0.15, 0.2) is 0 Å². The minimum absolute atomic E-state index is 0.262. The predicted molar refractivity (Wildman–Crippen MR) is 104 cm³/mol. The highest BCUT2D eigenvalue weighted by Gasteiger charge is 2.06. The van der Waals surface area contributed by atoms with Crippen molar-refractivity contribution >= 4 is 29.3 Å². The van der Waals surface area contributed by atoms with Crippen LogP contribution in [0.4, 0.5) is 5.69 Å². The van der Waals surface area contributed by atoms with E-state index in [0.717, 1.165) is 5.56 Å². The summed E-state index contributed by atoms with van der Waals surface area (Å²) in [7, 11) is 0. The molecule has 26 heavy (non-hydrogen) atoms. The molecule has 1 amide bonds. The highest BCUT2D eigenvalue weighted by molar-refractivity contribution is 6.30. The fourth-order valence-corrected chi connectivity index (χ4v) is 2.52. The maximum atomic E-state index is 12.1. The molecular formula is C21H18ClNO3. The molecule has 3 aromatic rings. The summed E-state index contributed by atoms with van der Waals surface area (Å²) < 4.78 is 11.2. The van der Waals surface area contributed by atoms with Crippen molar-refractivity contribution in [3.8, 4) is 17.1 Å². The molecule has 3 rings (SSSR count). The van der Waals surface area contributed by atoms with E-state index in [1.807, 2.05) is 49.4 Å². The van der Waals surface area contributed by atoms with Crippen LogP contribution in [0.3, 0.4) is 0 Å². The Morgan fingerprint density at radius 3 is 2.65 bits per heavy atom. The lowest BCUT2D eigenvalue weighted by atomic mass is 10.2. The lowest BCUT2D eigenvalue weighted by Gasteiger charge is -2.09. The first-order valence-corrected chi connectivity index (χ1v) is 8.60. The number of halogens is 1. The molecular weight excluding hydrogens is 350 g/mol. The predicted octanol–water partition coefficient (Wildman–Crippen LogP) is 5.65. The Labute approximate surface area is 157 Å². The monoisotopic (exact) mass is 367 g/mol. The van der Waals surface area contributed by atoms with Gasteiger partial charge in [0, 0.05) is 16.7 Å². The zero-order valence-corrected chi connectivity index (χ0v) is 15.0. The Morgan fingerprint density at radius 2 is 1.88 bits per heavy atom. The van der Waals surface area contributed by atoms with E-state index in [9.17, 15) is 4.79 Å². The molecule has 132 valence electrons. The molecule has 4 nitrogen and oxygen atoms in total. The first-order valence-electron chi connectivity index (χ1n) is 8.22. The first kappa shape index (κ1) is 17.8.